The van der Waals surface area contributed by atoms with E-state index in [4.69, 9.17) is 9.47 Å². The zero-order valence-electron chi connectivity index (χ0n) is 9.66. The van der Waals surface area contributed by atoms with E-state index < -0.39 is 0 Å². The zero-order chi connectivity index (χ0) is 10.4. The first-order chi connectivity index (χ1) is 6.70. The Labute approximate surface area is 87.4 Å². The van der Waals surface area contributed by atoms with Crippen molar-refractivity contribution in [3.8, 4) is 0 Å². The highest BCUT2D eigenvalue weighted by Crippen LogP contribution is 2.14. The van der Waals surface area contributed by atoms with Gasteiger partial charge in [-0.05, 0) is 40.3 Å². The van der Waals surface area contributed by atoms with Crippen LogP contribution >= 0.6 is 0 Å². The first kappa shape index (κ1) is 12.0. The van der Waals surface area contributed by atoms with E-state index in [1.807, 2.05) is 13.8 Å². The Hall–Kier alpha value is -0.120. The lowest BCUT2D eigenvalue weighted by atomic mass is 10.2. The predicted molar refractivity (Wildman–Crippen MR) is 57.6 cm³/mol. The number of rotatable bonds is 6. The lowest BCUT2D eigenvalue weighted by Gasteiger charge is -2.19. The zero-order valence-corrected chi connectivity index (χ0v) is 9.66. The predicted octanol–water partition coefficient (Wildman–Crippen LogP) is 1.52. The van der Waals surface area contributed by atoms with Gasteiger partial charge in [-0.2, -0.15) is 0 Å². The number of hydrogen-bond donors (Lipinski definition) is 0. The fourth-order valence-electron chi connectivity index (χ4n) is 1.75. The van der Waals surface area contributed by atoms with Crippen molar-refractivity contribution < 1.29 is 9.47 Å². The van der Waals surface area contributed by atoms with Crippen molar-refractivity contribution >= 4 is 0 Å². The molecule has 0 bridgehead atoms. The molecule has 1 heterocycles. The van der Waals surface area contributed by atoms with Crippen molar-refractivity contribution in [1.29, 1.82) is 0 Å². The molecule has 1 aliphatic heterocycles. The Balaban J connectivity index is 1.93. The van der Waals surface area contributed by atoms with Gasteiger partial charge in [0.05, 0.1) is 25.9 Å². The molecule has 1 fully saturated rings. The van der Waals surface area contributed by atoms with Gasteiger partial charge in [0.2, 0.25) is 0 Å². The van der Waals surface area contributed by atoms with Crippen LogP contribution in [0.15, 0.2) is 0 Å². The average Bonchev–Trinajstić information content (AvgIpc) is 2.51. The maximum absolute atomic E-state index is 5.57. The number of hydrogen-bond acceptors (Lipinski definition) is 3. The SMILES string of the molecule is CC(C)OCCOCC1CCCN1C. The van der Waals surface area contributed by atoms with E-state index in [0.717, 1.165) is 13.2 Å². The summed E-state index contributed by atoms with van der Waals surface area (Å²) in [5.74, 6) is 0. The second-order valence-electron chi connectivity index (χ2n) is 4.27. The maximum atomic E-state index is 5.57. The molecule has 3 nitrogen and oxygen atoms in total. The third-order valence-electron chi connectivity index (χ3n) is 2.66. The van der Waals surface area contributed by atoms with Gasteiger partial charge in [-0.25, -0.2) is 0 Å². The molecule has 0 saturated carbocycles. The van der Waals surface area contributed by atoms with Gasteiger partial charge in [-0.15, -0.1) is 0 Å². The van der Waals surface area contributed by atoms with Gasteiger partial charge in [0.15, 0.2) is 0 Å². The molecule has 1 saturated heterocycles. The van der Waals surface area contributed by atoms with Crippen LogP contribution in [0.25, 0.3) is 0 Å². The van der Waals surface area contributed by atoms with Crippen molar-refractivity contribution in [3.05, 3.63) is 0 Å². The Bertz CT molecular complexity index is 150. The van der Waals surface area contributed by atoms with Crippen LogP contribution in [0.4, 0.5) is 0 Å². The normalized spacial score (nSPS) is 23.6. The minimum absolute atomic E-state index is 0.313. The van der Waals surface area contributed by atoms with Crippen molar-refractivity contribution in [2.45, 2.75) is 38.8 Å². The molecule has 0 N–H and O–H groups in total. The van der Waals surface area contributed by atoms with E-state index in [-0.39, 0.29) is 0 Å². The number of ether oxygens (including phenoxy) is 2. The summed E-state index contributed by atoms with van der Waals surface area (Å²) in [7, 11) is 2.17. The van der Waals surface area contributed by atoms with Gasteiger partial charge in [0.1, 0.15) is 0 Å². The summed E-state index contributed by atoms with van der Waals surface area (Å²) in [5, 5.41) is 0. The minimum Gasteiger partial charge on any atom is -0.377 e. The fourth-order valence-corrected chi connectivity index (χ4v) is 1.75. The van der Waals surface area contributed by atoms with Crippen LogP contribution in [-0.4, -0.2) is 50.5 Å². The third-order valence-corrected chi connectivity index (χ3v) is 2.66. The van der Waals surface area contributed by atoms with E-state index in [2.05, 4.69) is 11.9 Å². The first-order valence-electron chi connectivity index (χ1n) is 5.59. The molecule has 1 atom stereocenters. The summed E-state index contributed by atoms with van der Waals surface area (Å²) >= 11 is 0. The second kappa shape index (κ2) is 6.38. The van der Waals surface area contributed by atoms with Gasteiger partial charge >= 0.3 is 0 Å². The van der Waals surface area contributed by atoms with Crippen LogP contribution in [0.3, 0.4) is 0 Å². The van der Waals surface area contributed by atoms with E-state index in [9.17, 15) is 0 Å². The standard InChI is InChI=1S/C11H23NO2/c1-10(2)14-8-7-13-9-11-5-4-6-12(11)3/h10-11H,4-9H2,1-3H3. The quantitative estimate of drug-likeness (QED) is 0.608. The molecule has 0 amide bonds. The molecular weight excluding hydrogens is 178 g/mol. The fraction of sp³-hybridized carbons (Fsp3) is 1.00. The molecule has 1 rings (SSSR count). The lowest BCUT2D eigenvalue weighted by molar-refractivity contribution is 0.00737. The molecule has 84 valence electrons. The topological polar surface area (TPSA) is 21.7 Å². The van der Waals surface area contributed by atoms with Gasteiger partial charge in [-0.3, -0.25) is 0 Å². The highest BCUT2D eigenvalue weighted by molar-refractivity contribution is 4.75. The monoisotopic (exact) mass is 201 g/mol. The van der Waals surface area contributed by atoms with Crippen molar-refractivity contribution in [2.75, 3.05) is 33.4 Å². The van der Waals surface area contributed by atoms with E-state index in [1.165, 1.54) is 19.4 Å². The maximum Gasteiger partial charge on any atom is 0.0703 e. The number of likely N-dealkylation sites (tertiary alicyclic amines) is 1. The van der Waals surface area contributed by atoms with Gasteiger partial charge < -0.3 is 14.4 Å². The van der Waals surface area contributed by atoms with Crippen molar-refractivity contribution in [1.82, 2.24) is 4.90 Å². The highest BCUT2D eigenvalue weighted by Gasteiger charge is 2.20. The average molecular weight is 201 g/mol. The molecule has 0 spiro atoms. The Kier molecular flexibility index (Phi) is 5.45. The molecule has 14 heavy (non-hydrogen) atoms. The summed E-state index contributed by atoms with van der Waals surface area (Å²) in [6.45, 7) is 7.61. The van der Waals surface area contributed by atoms with Crippen LogP contribution in [0.5, 0.6) is 0 Å². The Morgan fingerprint density at radius 2 is 2.14 bits per heavy atom. The van der Waals surface area contributed by atoms with Gasteiger partial charge in [-0.1, -0.05) is 0 Å². The van der Waals surface area contributed by atoms with Crippen LogP contribution in [0, 0.1) is 0 Å². The number of likely N-dealkylation sites (N-methyl/N-ethyl adjacent to an activating group) is 1. The largest absolute Gasteiger partial charge is 0.377 e. The minimum atomic E-state index is 0.313. The molecule has 0 radical (unpaired) electrons. The van der Waals surface area contributed by atoms with Gasteiger partial charge in [0, 0.05) is 6.04 Å². The molecule has 0 aliphatic carbocycles. The number of nitrogens with zero attached hydrogens (tertiary/aromatic N) is 1. The first-order valence-corrected chi connectivity index (χ1v) is 5.59. The molecule has 0 aromatic heterocycles. The molecule has 3 heteroatoms. The van der Waals surface area contributed by atoms with Crippen LogP contribution < -0.4 is 0 Å². The summed E-state index contributed by atoms with van der Waals surface area (Å²) in [6.07, 6.45) is 2.90. The summed E-state index contributed by atoms with van der Waals surface area (Å²) < 4.78 is 11.0. The van der Waals surface area contributed by atoms with Crippen molar-refractivity contribution in [3.63, 3.8) is 0 Å². The van der Waals surface area contributed by atoms with Gasteiger partial charge in [0.25, 0.3) is 0 Å². The molecule has 0 aromatic rings. The molecule has 1 unspecified atom stereocenters. The van der Waals surface area contributed by atoms with E-state index >= 15 is 0 Å². The van der Waals surface area contributed by atoms with Crippen LogP contribution in [0.1, 0.15) is 26.7 Å². The Morgan fingerprint density at radius 1 is 1.36 bits per heavy atom. The van der Waals surface area contributed by atoms with Crippen LogP contribution in [0.2, 0.25) is 0 Å². The summed E-state index contributed by atoms with van der Waals surface area (Å²) in [5.41, 5.74) is 0. The van der Waals surface area contributed by atoms with Crippen molar-refractivity contribution in [2.24, 2.45) is 0 Å². The van der Waals surface area contributed by atoms with Crippen LogP contribution in [-0.2, 0) is 9.47 Å². The molecule has 1 aliphatic rings. The van der Waals surface area contributed by atoms with E-state index in [1.54, 1.807) is 0 Å². The second-order valence-corrected chi connectivity index (χ2v) is 4.27. The van der Waals surface area contributed by atoms with E-state index in [0.29, 0.717) is 18.8 Å². The molecular formula is C11H23NO2. The Morgan fingerprint density at radius 3 is 2.71 bits per heavy atom. The summed E-state index contributed by atoms with van der Waals surface area (Å²) in [6, 6.07) is 0.633. The lowest BCUT2D eigenvalue weighted by Crippen LogP contribution is -2.30. The summed E-state index contributed by atoms with van der Waals surface area (Å²) in [4.78, 5) is 2.38. The highest BCUT2D eigenvalue weighted by atomic mass is 16.5. The molecule has 0 aromatic carbocycles. The smallest absolute Gasteiger partial charge is 0.0703 e. The third kappa shape index (κ3) is 4.40.